The van der Waals surface area contributed by atoms with E-state index in [4.69, 9.17) is 10.5 Å². The molecule has 122 valence electrons. The second kappa shape index (κ2) is 6.52. The molecule has 0 bridgehead atoms. The Morgan fingerprint density at radius 3 is 2.59 bits per heavy atom. The van der Waals surface area contributed by atoms with Gasteiger partial charge in [-0.05, 0) is 19.8 Å². The monoisotopic (exact) mass is 324 g/mol. The van der Waals surface area contributed by atoms with Crippen LogP contribution in [0.5, 0.6) is 0 Å². The number of aryl methyl sites for hydroxylation is 1. The van der Waals surface area contributed by atoms with E-state index in [-0.39, 0.29) is 5.91 Å². The summed E-state index contributed by atoms with van der Waals surface area (Å²) in [5, 5.41) is 3.13. The highest BCUT2D eigenvalue weighted by Crippen LogP contribution is 2.32. The molecule has 22 heavy (non-hydrogen) atoms. The second-order valence-electron chi connectivity index (χ2n) is 6.15. The summed E-state index contributed by atoms with van der Waals surface area (Å²) in [6.45, 7) is 6.89. The molecule has 7 heteroatoms. The number of aromatic nitrogens is 1. The van der Waals surface area contributed by atoms with E-state index >= 15 is 0 Å². The van der Waals surface area contributed by atoms with Gasteiger partial charge in [0.15, 0.2) is 5.13 Å². The lowest BCUT2D eigenvalue weighted by molar-refractivity contribution is -0.147. The Hall–Kier alpha value is -1.18. The summed E-state index contributed by atoms with van der Waals surface area (Å²) in [4.78, 5) is 21.7. The lowest BCUT2D eigenvalue weighted by Gasteiger charge is -2.42. The first-order chi connectivity index (χ1) is 10.6. The van der Waals surface area contributed by atoms with Crippen LogP contribution < -0.4 is 10.6 Å². The summed E-state index contributed by atoms with van der Waals surface area (Å²) in [5.74, 6) is 0.216. The van der Waals surface area contributed by atoms with Crippen LogP contribution >= 0.6 is 11.3 Å². The molecule has 2 aliphatic heterocycles. The van der Waals surface area contributed by atoms with Gasteiger partial charge >= 0.3 is 0 Å². The van der Waals surface area contributed by atoms with Crippen LogP contribution in [0.2, 0.25) is 0 Å². The molecule has 2 N–H and O–H groups in total. The van der Waals surface area contributed by atoms with Gasteiger partial charge < -0.3 is 20.3 Å². The minimum atomic E-state index is -0.405. The Labute approximate surface area is 135 Å². The number of nitrogens with two attached hydrogens (primary N) is 1. The van der Waals surface area contributed by atoms with Gasteiger partial charge in [0, 0.05) is 51.3 Å². The SMILES string of the molecule is Cc1csc(N2CCN(C(=O)C3(CN)CCOCC3)CC2)n1. The van der Waals surface area contributed by atoms with E-state index < -0.39 is 5.41 Å². The molecule has 1 amide bonds. The van der Waals surface area contributed by atoms with E-state index in [9.17, 15) is 4.79 Å². The van der Waals surface area contributed by atoms with Crippen molar-refractivity contribution in [3.05, 3.63) is 11.1 Å². The Balaban J connectivity index is 1.61. The number of ether oxygens (including phenoxy) is 1. The Kier molecular flexibility index (Phi) is 4.65. The van der Waals surface area contributed by atoms with E-state index in [1.165, 1.54) is 0 Å². The number of hydrogen-bond donors (Lipinski definition) is 1. The maximum Gasteiger partial charge on any atom is 0.230 e. The van der Waals surface area contributed by atoms with Gasteiger partial charge in [-0.3, -0.25) is 4.79 Å². The van der Waals surface area contributed by atoms with Gasteiger partial charge in [0.25, 0.3) is 0 Å². The minimum Gasteiger partial charge on any atom is -0.381 e. The molecule has 0 atom stereocenters. The van der Waals surface area contributed by atoms with Crippen LogP contribution in [0.1, 0.15) is 18.5 Å². The van der Waals surface area contributed by atoms with Crippen molar-refractivity contribution in [2.24, 2.45) is 11.1 Å². The van der Waals surface area contributed by atoms with E-state index in [0.717, 1.165) is 49.8 Å². The molecule has 2 saturated heterocycles. The Morgan fingerprint density at radius 1 is 1.36 bits per heavy atom. The van der Waals surface area contributed by atoms with Crippen LogP contribution in [-0.2, 0) is 9.53 Å². The normalized spacial score (nSPS) is 21.9. The number of amides is 1. The molecule has 1 aromatic heterocycles. The largest absolute Gasteiger partial charge is 0.381 e. The molecular formula is C15H24N4O2S. The molecule has 0 unspecified atom stereocenters. The first kappa shape index (κ1) is 15.7. The van der Waals surface area contributed by atoms with Gasteiger partial charge in [0.1, 0.15) is 0 Å². The predicted octanol–water partition coefficient (Wildman–Crippen LogP) is 0.856. The van der Waals surface area contributed by atoms with Crippen molar-refractivity contribution in [2.75, 3.05) is 50.8 Å². The number of carbonyl (C=O) groups is 1. The summed E-state index contributed by atoms with van der Waals surface area (Å²) in [7, 11) is 0. The molecular weight excluding hydrogens is 300 g/mol. The van der Waals surface area contributed by atoms with Crippen molar-refractivity contribution < 1.29 is 9.53 Å². The molecule has 0 aromatic carbocycles. The van der Waals surface area contributed by atoms with Crippen molar-refractivity contribution in [3.8, 4) is 0 Å². The standard InChI is InChI=1S/C15H24N4O2S/c1-12-10-22-14(17-12)19-6-4-18(5-7-19)13(20)15(11-16)2-8-21-9-3-15/h10H,2-9,11,16H2,1H3. The fourth-order valence-corrected chi connectivity index (χ4v) is 4.05. The molecule has 3 rings (SSSR count). The summed E-state index contributed by atoms with van der Waals surface area (Å²) in [6, 6.07) is 0. The third-order valence-corrected chi connectivity index (χ3v) is 5.76. The first-order valence-corrected chi connectivity index (χ1v) is 8.77. The van der Waals surface area contributed by atoms with Crippen LogP contribution in [-0.4, -0.2) is 61.7 Å². The zero-order chi connectivity index (χ0) is 15.6. The highest BCUT2D eigenvalue weighted by atomic mass is 32.1. The van der Waals surface area contributed by atoms with E-state index in [2.05, 4.69) is 15.3 Å². The van der Waals surface area contributed by atoms with Crippen LogP contribution in [0.4, 0.5) is 5.13 Å². The number of piperazine rings is 1. The number of anilines is 1. The molecule has 0 radical (unpaired) electrons. The van der Waals surface area contributed by atoms with Crippen molar-refractivity contribution in [1.82, 2.24) is 9.88 Å². The highest BCUT2D eigenvalue weighted by molar-refractivity contribution is 7.13. The lowest BCUT2D eigenvalue weighted by atomic mass is 9.78. The molecule has 2 fully saturated rings. The molecule has 3 heterocycles. The number of hydrogen-bond acceptors (Lipinski definition) is 6. The van der Waals surface area contributed by atoms with Crippen molar-refractivity contribution in [3.63, 3.8) is 0 Å². The highest BCUT2D eigenvalue weighted by Gasteiger charge is 2.42. The molecule has 2 aliphatic rings. The van der Waals surface area contributed by atoms with Gasteiger partial charge in [-0.1, -0.05) is 0 Å². The number of carbonyl (C=O) groups excluding carboxylic acids is 1. The van der Waals surface area contributed by atoms with Gasteiger partial charge in [0.05, 0.1) is 11.1 Å². The predicted molar refractivity (Wildman–Crippen MR) is 87.2 cm³/mol. The summed E-state index contributed by atoms with van der Waals surface area (Å²) in [5.41, 5.74) is 6.60. The first-order valence-electron chi connectivity index (χ1n) is 7.89. The maximum absolute atomic E-state index is 12.9. The average Bonchev–Trinajstić information content (AvgIpc) is 3.01. The van der Waals surface area contributed by atoms with Crippen molar-refractivity contribution in [1.29, 1.82) is 0 Å². The Bertz CT molecular complexity index is 519. The van der Waals surface area contributed by atoms with Gasteiger partial charge in [-0.2, -0.15) is 0 Å². The topological polar surface area (TPSA) is 71.7 Å². The minimum absolute atomic E-state index is 0.216. The van der Waals surface area contributed by atoms with E-state index in [0.29, 0.717) is 19.8 Å². The zero-order valence-electron chi connectivity index (χ0n) is 13.1. The Morgan fingerprint density at radius 2 is 2.05 bits per heavy atom. The molecule has 0 spiro atoms. The van der Waals surface area contributed by atoms with Crippen LogP contribution in [0.25, 0.3) is 0 Å². The average molecular weight is 324 g/mol. The summed E-state index contributed by atoms with van der Waals surface area (Å²) < 4.78 is 5.40. The number of thiazole rings is 1. The maximum atomic E-state index is 12.9. The molecule has 0 saturated carbocycles. The number of nitrogens with zero attached hydrogens (tertiary/aromatic N) is 3. The molecule has 0 aliphatic carbocycles. The lowest BCUT2D eigenvalue weighted by Crippen LogP contribution is -2.56. The quantitative estimate of drug-likeness (QED) is 0.893. The fourth-order valence-electron chi connectivity index (χ4n) is 3.19. The van der Waals surface area contributed by atoms with E-state index in [1.807, 2.05) is 11.8 Å². The van der Waals surface area contributed by atoms with Crippen LogP contribution in [0, 0.1) is 12.3 Å². The molecule has 6 nitrogen and oxygen atoms in total. The molecule has 1 aromatic rings. The van der Waals surface area contributed by atoms with Crippen molar-refractivity contribution >= 4 is 22.4 Å². The van der Waals surface area contributed by atoms with Gasteiger partial charge in [-0.15, -0.1) is 11.3 Å². The zero-order valence-corrected chi connectivity index (χ0v) is 13.9. The third kappa shape index (κ3) is 2.98. The third-order valence-electron chi connectivity index (χ3n) is 4.74. The summed E-state index contributed by atoms with van der Waals surface area (Å²) in [6.07, 6.45) is 1.49. The summed E-state index contributed by atoms with van der Waals surface area (Å²) >= 11 is 1.67. The van der Waals surface area contributed by atoms with Crippen molar-refractivity contribution in [2.45, 2.75) is 19.8 Å². The van der Waals surface area contributed by atoms with E-state index in [1.54, 1.807) is 11.3 Å². The van der Waals surface area contributed by atoms with Crippen LogP contribution in [0.3, 0.4) is 0 Å². The number of rotatable bonds is 3. The second-order valence-corrected chi connectivity index (χ2v) is 6.98. The van der Waals surface area contributed by atoms with Crippen LogP contribution in [0.15, 0.2) is 5.38 Å². The van der Waals surface area contributed by atoms with Gasteiger partial charge in [-0.25, -0.2) is 4.98 Å². The smallest absolute Gasteiger partial charge is 0.230 e. The van der Waals surface area contributed by atoms with Gasteiger partial charge in [0.2, 0.25) is 5.91 Å². The fraction of sp³-hybridized carbons (Fsp3) is 0.733.